The summed E-state index contributed by atoms with van der Waals surface area (Å²) in [4.78, 5) is 0. The second-order valence-electron chi connectivity index (χ2n) is 0. The van der Waals surface area contributed by atoms with Crippen LogP contribution in [-0.2, 0) is 77.1 Å². The van der Waals surface area contributed by atoms with E-state index in [9.17, 15) is 0 Å². The maximum atomic E-state index is 0. The van der Waals surface area contributed by atoms with Crippen LogP contribution in [0.25, 0.3) is 0 Å². The maximum absolute atomic E-state index is 0. The number of hydrogen-bond acceptors (Lipinski definition) is 0. The van der Waals surface area contributed by atoms with Gasteiger partial charge in [0.25, 0.3) is 0 Å². The van der Waals surface area contributed by atoms with Gasteiger partial charge in [0, 0.05) is 77.1 Å². The summed E-state index contributed by atoms with van der Waals surface area (Å²) in [5.74, 6) is 0. The van der Waals surface area contributed by atoms with Crippen molar-refractivity contribution in [2.45, 2.75) is 0 Å². The summed E-state index contributed by atoms with van der Waals surface area (Å²) in [6.07, 6.45) is 0. The van der Waals surface area contributed by atoms with Crippen molar-refractivity contribution >= 4 is 0 Å². The average Bonchev–Trinajstić information content (AvgIpc) is 0. The van der Waals surface area contributed by atoms with E-state index in [2.05, 4.69) is 0 Å². The molecule has 0 fully saturated rings. The van der Waals surface area contributed by atoms with Crippen LogP contribution in [0.5, 0.6) is 0 Å². The zero-order valence-corrected chi connectivity index (χ0v) is 10.1. The van der Waals surface area contributed by atoms with Crippen LogP contribution in [-0.4, -0.2) is 0 Å². The Morgan fingerprint density at radius 1 is 1.00 bits per heavy atom. The molecule has 0 rings (SSSR count). The van der Waals surface area contributed by atoms with Gasteiger partial charge in [-0.3, -0.25) is 0 Å². The molecule has 0 spiro atoms. The van der Waals surface area contributed by atoms with E-state index in [1.165, 1.54) is 0 Å². The third-order valence-corrected chi connectivity index (χ3v) is 0. The van der Waals surface area contributed by atoms with Gasteiger partial charge < -0.3 is 0 Å². The summed E-state index contributed by atoms with van der Waals surface area (Å²) in [5, 5.41) is 0. The molecule has 4 heavy (non-hydrogen) atoms. The second-order valence-corrected chi connectivity index (χ2v) is 0. The van der Waals surface area contributed by atoms with Crippen molar-refractivity contribution in [3.05, 3.63) is 0 Å². The Balaban J connectivity index is 0. The summed E-state index contributed by atoms with van der Waals surface area (Å²) < 4.78 is 0. The van der Waals surface area contributed by atoms with Gasteiger partial charge in [-0.1, -0.05) is 0 Å². The van der Waals surface area contributed by atoms with Gasteiger partial charge in [0.1, 0.15) is 0 Å². The van der Waals surface area contributed by atoms with E-state index in [0.29, 0.717) is 0 Å². The minimum absolute atomic E-state index is 0. The molecule has 0 aromatic carbocycles. The first-order chi connectivity index (χ1) is 0. The molecule has 0 saturated heterocycles. The summed E-state index contributed by atoms with van der Waals surface area (Å²) >= 11 is 0. The summed E-state index contributed by atoms with van der Waals surface area (Å²) in [5.41, 5.74) is 0. The van der Waals surface area contributed by atoms with Crippen LogP contribution < -0.4 is 0 Å². The summed E-state index contributed by atoms with van der Waals surface area (Å²) in [6, 6.07) is 0. The van der Waals surface area contributed by atoms with E-state index in [1.54, 1.807) is 0 Å². The Hall–Kier alpha value is 2.45. The van der Waals surface area contributed by atoms with E-state index in [0.717, 1.165) is 0 Å². The fraction of sp³-hybridized carbons (Fsp3) is 0. The average molecular weight is 628 g/mol. The molecule has 0 aromatic rings. The molecular weight excluding hydrogens is 628 g/mol. The molecule has 0 bridgehead atoms. The van der Waals surface area contributed by atoms with E-state index in [-0.39, 0.29) is 77.1 Å². The third-order valence-electron chi connectivity index (χ3n) is 0. The van der Waals surface area contributed by atoms with Crippen molar-refractivity contribution < 1.29 is 77.1 Å². The predicted molar refractivity (Wildman–Crippen MR) is 0 cm³/mol. The Kier molecular flexibility index (Phi) is 143. The maximum Gasteiger partial charge on any atom is 0 e. The minimum Gasteiger partial charge on any atom is 0 e. The normalized spacial score (nSPS) is 0. The van der Waals surface area contributed by atoms with Crippen LogP contribution in [0.3, 0.4) is 0 Å². The summed E-state index contributed by atoms with van der Waals surface area (Å²) in [7, 11) is 0. The minimum atomic E-state index is 0. The largest absolute Gasteiger partial charge is 0 e. The van der Waals surface area contributed by atoms with Crippen molar-refractivity contribution in [2.75, 3.05) is 0 Å². The quantitative estimate of drug-likeness (QED) is 0.355. The molecule has 0 unspecified atom stereocenters. The first-order valence-electron chi connectivity index (χ1n) is 0. The molecule has 0 saturated carbocycles. The Bertz CT molecular complexity index is 8.00. The molecule has 0 heterocycles. The summed E-state index contributed by atoms with van der Waals surface area (Å²) in [6.45, 7) is 0. The molecule has 0 aromatic heterocycles. The first-order valence-corrected chi connectivity index (χ1v) is 0. The van der Waals surface area contributed by atoms with E-state index in [4.69, 9.17) is 0 Å². The van der Waals surface area contributed by atoms with Crippen molar-refractivity contribution in [1.29, 1.82) is 0 Å². The van der Waals surface area contributed by atoms with Crippen LogP contribution in [0.1, 0.15) is 0 Å². The van der Waals surface area contributed by atoms with E-state index in [1.807, 2.05) is 0 Å². The van der Waals surface area contributed by atoms with Crippen LogP contribution in [0, 0.1) is 0 Å². The zero-order valence-electron chi connectivity index (χ0n) is 1.40. The predicted octanol–water partition coefficient (Wildman–Crippen LogP) is -0.0100. The number of hydrogen-bond donors (Lipinski definition) is 0. The van der Waals surface area contributed by atoms with Gasteiger partial charge in [0.05, 0.1) is 0 Å². The van der Waals surface area contributed by atoms with E-state index >= 15 is 0 Å². The SMILES string of the molecule is [Co].[Ir].[Os].[Re]. The molecule has 0 aliphatic carbocycles. The molecule has 0 atom stereocenters. The molecule has 0 amide bonds. The van der Waals surface area contributed by atoms with Crippen molar-refractivity contribution in [1.82, 2.24) is 0 Å². The van der Waals surface area contributed by atoms with Crippen LogP contribution in [0.15, 0.2) is 0 Å². The van der Waals surface area contributed by atoms with Gasteiger partial charge >= 0.3 is 0 Å². The molecule has 0 aliphatic heterocycles. The standard InChI is InChI=1S/Co.Ir.Os.Re. The number of rotatable bonds is 0. The van der Waals surface area contributed by atoms with Crippen molar-refractivity contribution in [3.8, 4) is 0 Å². The van der Waals surface area contributed by atoms with Gasteiger partial charge in [0.15, 0.2) is 0 Å². The Labute approximate surface area is 76.1 Å². The monoisotopic (exact) mass is 631 g/mol. The Morgan fingerprint density at radius 3 is 1.00 bits per heavy atom. The molecular formula is CoIrOsRe. The fourth-order valence-electron chi connectivity index (χ4n) is 0. The molecule has 3 radical (unpaired) electrons. The van der Waals surface area contributed by atoms with Crippen molar-refractivity contribution in [2.24, 2.45) is 0 Å². The van der Waals surface area contributed by atoms with Gasteiger partial charge in [-0.2, -0.15) is 0 Å². The fourth-order valence-corrected chi connectivity index (χ4v) is 0. The molecule has 33 valence electrons. The first kappa shape index (κ1) is 31.9. The third kappa shape index (κ3) is 8.82. The van der Waals surface area contributed by atoms with Gasteiger partial charge in [-0.15, -0.1) is 0 Å². The smallest absolute Gasteiger partial charge is 0 e. The molecule has 0 aliphatic rings. The van der Waals surface area contributed by atoms with Gasteiger partial charge in [-0.25, -0.2) is 0 Å². The van der Waals surface area contributed by atoms with Gasteiger partial charge in [0.2, 0.25) is 0 Å². The molecule has 0 N–H and O–H groups in total. The molecule has 4 heteroatoms. The van der Waals surface area contributed by atoms with Crippen molar-refractivity contribution in [3.63, 3.8) is 0 Å². The molecule has 0 nitrogen and oxygen atoms in total. The Morgan fingerprint density at radius 2 is 1.00 bits per heavy atom. The topological polar surface area (TPSA) is 0 Å². The van der Waals surface area contributed by atoms with E-state index < -0.39 is 0 Å². The van der Waals surface area contributed by atoms with Crippen LogP contribution in [0.4, 0.5) is 0 Å². The van der Waals surface area contributed by atoms with Crippen LogP contribution >= 0.6 is 0 Å². The van der Waals surface area contributed by atoms with Crippen LogP contribution in [0.2, 0.25) is 0 Å². The van der Waals surface area contributed by atoms with Gasteiger partial charge in [-0.05, 0) is 0 Å². The zero-order chi connectivity index (χ0) is 0. The second kappa shape index (κ2) is 18.0.